The molecule has 0 aliphatic carbocycles. The Kier molecular flexibility index (Phi) is 4.04. The summed E-state index contributed by atoms with van der Waals surface area (Å²) >= 11 is 5.77. The Labute approximate surface area is 106 Å². The number of sulfonamides is 1. The first-order chi connectivity index (χ1) is 8.16. The maximum absolute atomic E-state index is 12.4. The van der Waals surface area contributed by atoms with Gasteiger partial charge in [-0.25, -0.2) is 8.42 Å². The second-order valence-electron chi connectivity index (χ2n) is 3.76. The molecule has 1 saturated heterocycles. The quantitative estimate of drug-likeness (QED) is 0.785. The minimum absolute atomic E-state index is 0.194. The zero-order valence-electron chi connectivity index (χ0n) is 9.30. The van der Waals surface area contributed by atoms with Crippen molar-refractivity contribution in [2.24, 2.45) is 0 Å². The summed E-state index contributed by atoms with van der Waals surface area (Å²) in [6.07, 6.45) is 0. The van der Waals surface area contributed by atoms with Gasteiger partial charge >= 0.3 is 0 Å². The number of benzene rings is 1. The van der Waals surface area contributed by atoms with E-state index in [0.29, 0.717) is 36.8 Å². The van der Waals surface area contributed by atoms with Crippen molar-refractivity contribution in [2.45, 2.75) is 10.8 Å². The molecule has 0 saturated carbocycles. The molecule has 0 spiro atoms. The summed E-state index contributed by atoms with van der Waals surface area (Å²) < 4.78 is 31.4. The minimum Gasteiger partial charge on any atom is -0.379 e. The molecule has 94 valence electrons. The normalized spacial score (nSPS) is 18.2. The Morgan fingerprint density at radius 3 is 2.53 bits per heavy atom. The fourth-order valence-electron chi connectivity index (χ4n) is 1.79. The minimum atomic E-state index is -3.44. The molecule has 1 fully saturated rings. The molecule has 0 atom stereocenters. The van der Waals surface area contributed by atoms with Crippen molar-refractivity contribution < 1.29 is 13.2 Å². The third-order valence-corrected chi connectivity index (χ3v) is 4.99. The molecule has 0 N–H and O–H groups in total. The number of nitrogens with zero attached hydrogens (tertiary/aromatic N) is 1. The van der Waals surface area contributed by atoms with Gasteiger partial charge in [0.2, 0.25) is 10.0 Å². The fraction of sp³-hybridized carbons (Fsp3) is 0.455. The average molecular weight is 276 g/mol. The molecule has 1 heterocycles. The molecule has 17 heavy (non-hydrogen) atoms. The van der Waals surface area contributed by atoms with E-state index in [4.69, 9.17) is 16.3 Å². The maximum atomic E-state index is 12.4. The van der Waals surface area contributed by atoms with Gasteiger partial charge in [-0.05, 0) is 11.6 Å². The second kappa shape index (κ2) is 5.35. The summed E-state index contributed by atoms with van der Waals surface area (Å²) in [5.41, 5.74) is 0.639. The predicted molar refractivity (Wildman–Crippen MR) is 65.6 cm³/mol. The van der Waals surface area contributed by atoms with Crippen LogP contribution in [0.5, 0.6) is 0 Å². The number of ether oxygens (including phenoxy) is 1. The van der Waals surface area contributed by atoms with Gasteiger partial charge in [0.1, 0.15) is 0 Å². The van der Waals surface area contributed by atoms with Crippen LogP contribution in [0.15, 0.2) is 29.2 Å². The number of rotatable bonds is 3. The lowest BCUT2D eigenvalue weighted by Gasteiger charge is -2.26. The summed E-state index contributed by atoms with van der Waals surface area (Å²) in [5, 5.41) is 0. The van der Waals surface area contributed by atoms with E-state index in [0.717, 1.165) is 0 Å². The summed E-state index contributed by atoms with van der Waals surface area (Å²) in [4.78, 5) is 0.303. The molecule has 6 heteroatoms. The lowest BCUT2D eigenvalue weighted by atomic mass is 10.2. The van der Waals surface area contributed by atoms with Crippen molar-refractivity contribution >= 4 is 21.6 Å². The van der Waals surface area contributed by atoms with E-state index in [2.05, 4.69) is 0 Å². The molecular formula is C11H14ClNO3S. The zero-order chi connectivity index (χ0) is 12.3. The highest BCUT2D eigenvalue weighted by molar-refractivity contribution is 7.89. The molecule has 1 aromatic carbocycles. The maximum Gasteiger partial charge on any atom is 0.243 e. The second-order valence-corrected chi connectivity index (χ2v) is 5.93. The zero-order valence-corrected chi connectivity index (χ0v) is 10.9. The molecule has 4 nitrogen and oxygen atoms in total. The largest absolute Gasteiger partial charge is 0.379 e. The van der Waals surface area contributed by atoms with E-state index in [1.54, 1.807) is 24.3 Å². The SMILES string of the molecule is O=S(=O)(c1ccccc1CCl)N1CCOCC1. The highest BCUT2D eigenvalue weighted by atomic mass is 35.5. The molecule has 0 radical (unpaired) electrons. The molecule has 2 rings (SSSR count). The Bertz CT molecular complexity index is 483. The van der Waals surface area contributed by atoms with Crippen molar-refractivity contribution in [1.82, 2.24) is 4.31 Å². The highest BCUT2D eigenvalue weighted by Gasteiger charge is 2.27. The van der Waals surface area contributed by atoms with Gasteiger partial charge in [0, 0.05) is 19.0 Å². The number of morpholine rings is 1. The first-order valence-electron chi connectivity index (χ1n) is 5.38. The summed E-state index contributed by atoms with van der Waals surface area (Å²) in [7, 11) is -3.44. The summed E-state index contributed by atoms with van der Waals surface area (Å²) in [6.45, 7) is 1.70. The summed E-state index contributed by atoms with van der Waals surface area (Å²) in [5.74, 6) is 0.194. The van der Waals surface area contributed by atoms with Gasteiger partial charge in [-0.3, -0.25) is 0 Å². The van der Waals surface area contributed by atoms with Crippen LogP contribution in [0.4, 0.5) is 0 Å². The third-order valence-electron chi connectivity index (χ3n) is 2.70. The van der Waals surface area contributed by atoms with Crippen LogP contribution in [0.1, 0.15) is 5.56 Å². The molecule has 0 unspecified atom stereocenters. The Hall–Kier alpha value is -0.620. The van der Waals surface area contributed by atoms with Gasteiger partial charge < -0.3 is 4.74 Å². The van der Waals surface area contributed by atoms with Crippen LogP contribution in [0.2, 0.25) is 0 Å². The van der Waals surface area contributed by atoms with Crippen molar-refractivity contribution in [3.8, 4) is 0 Å². The molecule has 0 bridgehead atoms. The monoisotopic (exact) mass is 275 g/mol. The van der Waals surface area contributed by atoms with Crippen LogP contribution in [-0.2, 0) is 20.6 Å². The number of hydrogen-bond acceptors (Lipinski definition) is 3. The third kappa shape index (κ3) is 2.63. The smallest absolute Gasteiger partial charge is 0.243 e. The first kappa shape index (κ1) is 12.8. The van der Waals surface area contributed by atoms with Crippen LogP contribution in [0.3, 0.4) is 0 Å². The Morgan fingerprint density at radius 2 is 1.88 bits per heavy atom. The van der Waals surface area contributed by atoms with Crippen LogP contribution in [-0.4, -0.2) is 39.0 Å². The van der Waals surface area contributed by atoms with Gasteiger partial charge in [0.25, 0.3) is 0 Å². The molecule has 1 aliphatic rings. The van der Waals surface area contributed by atoms with E-state index in [1.807, 2.05) is 0 Å². The standard InChI is InChI=1S/C11H14ClNO3S/c12-9-10-3-1-2-4-11(10)17(14,15)13-5-7-16-8-6-13/h1-4H,5-9H2. The van der Waals surface area contributed by atoms with Crippen LogP contribution in [0, 0.1) is 0 Å². The molecule has 1 aliphatic heterocycles. The first-order valence-corrected chi connectivity index (χ1v) is 7.35. The van der Waals surface area contributed by atoms with E-state index < -0.39 is 10.0 Å². The lowest BCUT2D eigenvalue weighted by Crippen LogP contribution is -2.40. The van der Waals surface area contributed by atoms with Gasteiger partial charge in [-0.2, -0.15) is 4.31 Å². The Balaban J connectivity index is 2.36. The van der Waals surface area contributed by atoms with Gasteiger partial charge in [0.15, 0.2) is 0 Å². The number of hydrogen-bond donors (Lipinski definition) is 0. The van der Waals surface area contributed by atoms with Crippen LogP contribution >= 0.6 is 11.6 Å². The Morgan fingerprint density at radius 1 is 1.24 bits per heavy atom. The molecule has 0 amide bonds. The topological polar surface area (TPSA) is 46.6 Å². The van der Waals surface area contributed by atoms with E-state index in [-0.39, 0.29) is 5.88 Å². The fourth-order valence-corrected chi connectivity index (χ4v) is 3.73. The molecule has 1 aromatic rings. The lowest BCUT2D eigenvalue weighted by molar-refractivity contribution is 0.0730. The van der Waals surface area contributed by atoms with Crippen molar-refractivity contribution in [2.75, 3.05) is 26.3 Å². The van der Waals surface area contributed by atoms with Gasteiger partial charge in [0.05, 0.1) is 18.1 Å². The highest BCUT2D eigenvalue weighted by Crippen LogP contribution is 2.22. The van der Waals surface area contributed by atoms with E-state index in [9.17, 15) is 8.42 Å². The average Bonchev–Trinajstić information content (AvgIpc) is 2.39. The van der Waals surface area contributed by atoms with Gasteiger partial charge in [-0.15, -0.1) is 11.6 Å². The van der Waals surface area contributed by atoms with Crippen molar-refractivity contribution in [3.63, 3.8) is 0 Å². The number of halogens is 1. The predicted octanol–water partition coefficient (Wildman–Crippen LogP) is 1.45. The van der Waals surface area contributed by atoms with E-state index >= 15 is 0 Å². The van der Waals surface area contributed by atoms with Gasteiger partial charge in [-0.1, -0.05) is 18.2 Å². The molecule has 0 aromatic heterocycles. The van der Waals surface area contributed by atoms with E-state index in [1.165, 1.54) is 4.31 Å². The van der Waals surface area contributed by atoms with Crippen LogP contribution < -0.4 is 0 Å². The van der Waals surface area contributed by atoms with Crippen molar-refractivity contribution in [3.05, 3.63) is 29.8 Å². The van der Waals surface area contributed by atoms with Crippen LogP contribution in [0.25, 0.3) is 0 Å². The number of alkyl halides is 1. The summed E-state index contributed by atoms with van der Waals surface area (Å²) in [6, 6.07) is 6.84. The van der Waals surface area contributed by atoms with Crippen molar-refractivity contribution in [1.29, 1.82) is 0 Å². The molecular weight excluding hydrogens is 262 g/mol.